The molecule has 0 bridgehead atoms. The van der Waals surface area contributed by atoms with E-state index in [2.05, 4.69) is 15.4 Å². The molecule has 0 aliphatic carbocycles. The number of nitrogens with zero attached hydrogens (tertiary/aromatic N) is 3. The van der Waals surface area contributed by atoms with Crippen molar-refractivity contribution in [2.75, 3.05) is 0 Å². The molecule has 0 saturated carbocycles. The lowest BCUT2D eigenvalue weighted by atomic mass is 10.1. The second kappa shape index (κ2) is 6.94. The van der Waals surface area contributed by atoms with Crippen molar-refractivity contribution in [3.05, 3.63) is 71.9 Å². The van der Waals surface area contributed by atoms with E-state index in [0.29, 0.717) is 16.9 Å². The van der Waals surface area contributed by atoms with Gasteiger partial charge in [0.25, 0.3) is 5.22 Å². The summed E-state index contributed by atoms with van der Waals surface area (Å²) in [6.45, 7) is 2.03. The van der Waals surface area contributed by atoms with Gasteiger partial charge in [0.15, 0.2) is 5.76 Å². The van der Waals surface area contributed by atoms with E-state index in [1.807, 2.05) is 67.6 Å². The maximum Gasteiger partial charge on any atom is 0.277 e. The number of benzene rings is 2. The SMILES string of the molecule is Cc1cccc(-c2nnc(SCc3cc(-c4ccccc4)on3)o2)c1. The maximum absolute atomic E-state index is 5.72. The molecule has 0 saturated heterocycles. The lowest BCUT2D eigenvalue weighted by Crippen LogP contribution is -1.79. The van der Waals surface area contributed by atoms with Crippen LogP contribution in [-0.2, 0) is 5.75 Å². The molecule has 0 aliphatic heterocycles. The van der Waals surface area contributed by atoms with Crippen LogP contribution in [0.2, 0.25) is 0 Å². The van der Waals surface area contributed by atoms with E-state index in [1.54, 1.807) is 0 Å². The van der Waals surface area contributed by atoms with Crippen LogP contribution < -0.4 is 0 Å². The molecular weight excluding hydrogens is 334 g/mol. The molecule has 5 nitrogen and oxygen atoms in total. The average Bonchev–Trinajstić information content (AvgIpc) is 3.30. The van der Waals surface area contributed by atoms with Gasteiger partial charge >= 0.3 is 0 Å². The van der Waals surface area contributed by atoms with Crippen LogP contribution in [0.25, 0.3) is 22.8 Å². The van der Waals surface area contributed by atoms with Crippen molar-refractivity contribution in [2.45, 2.75) is 17.9 Å². The Labute approximate surface area is 149 Å². The Morgan fingerprint density at radius 3 is 2.60 bits per heavy atom. The van der Waals surface area contributed by atoms with Gasteiger partial charge in [0.05, 0.1) is 5.69 Å². The lowest BCUT2D eigenvalue weighted by Gasteiger charge is -1.95. The van der Waals surface area contributed by atoms with Gasteiger partial charge in [-0.1, -0.05) is 64.9 Å². The third-order valence-electron chi connectivity index (χ3n) is 3.63. The van der Waals surface area contributed by atoms with E-state index in [-0.39, 0.29) is 0 Å². The van der Waals surface area contributed by atoms with Crippen molar-refractivity contribution >= 4 is 11.8 Å². The first-order valence-electron chi connectivity index (χ1n) is 7.82. The highest BCUT2D eigenvalue weighted by Crippen LogP contribution is 2.27. The van der Waals surface area contributed by atoms with Crippen LogP contribution in [0.15, 0.2) is 74.8 Å². The number of aryl methyl sites for hydroxylation is 1. The average molecular weight is 349 g/mol. The third-order valence-corrected chi connectivity index (χ3v) is 4.48. The maximum atomic E-state index is 5.72. The largest absolute Gasteiger partial charge is 0.411 e. The molecule has 0 fully saturated rings. The highest BCUT2D eigenvalue weighted by Gasteiger charge is 2.12. The Morgan fingerprint density at radius 2 is 1.76 bits per heavy atom. The number of hydrogen-bond donors (Lipinski definition) is 0. The Hall–Kier alpha value is -2.86. The van der Waals surface area contributed by atoms with Crippen LogP contribution in [0.5, 0.6) is 0 Å². The van der Waals surface area contributed by atoms with E-state index >= 15 is 0 Å². The monoisotopic (exact) mass is 349 g/mol. The molecule has 4 aromatic rings. The second-order valence-corrected chi connectivity index (χ2v) is 6.51. The topological polar surface area (TPSA) is 65.0 Å². The molecule has 0 amide bonds. The Bertz CT molecular complexity index is 979. The van der Waals surface area contributed by atoms with Gasteiger partial charge in [0.1, 0.15) is 0 Å². The molecule has 6 heteroatoms. The molecule has 25 heavy (non-hydrogen) atoms. The summed E-state index contributed by atoms with van der Waals surface area (Å²) in [6, 6.07) is 19.8. The van der Waals surface area contributed by atoms with Gasteiger partial charge in [-0.25, -0.2) is 0 Å². The third kappa shape index (κ3) is 3.64. The van der Waals surface area contributed by atoms with Crippen LogP contribution in [-0.4, -0.2) is 15.4 Å². The molecule has 0 N–H and O–H groups in total. The van der Waals surface area contributed by atoms with Gasteiger partial charge in [-0.3, -0.25) is 0 Å². The molecule has 0 spiro atoms. The Morgan fingerprint density at radius 1 is 0.920 bits per heavy atom. The summed E-state index contributed by atoms with van der Waals surface area (Å²) in [5.74, 6) is 1.88. The molecule has 2 heterocycles. The van der Waals surface area contributed by atoms with Gasteiger partial charge in [-0.2, -0.15) is 0 Å². The molecule has 0 radical (unpaired) electrons. The standard InChI is InChI=1S/C19H15N3O2S/c1-13-6-5-9-15(10-13)18-20-21-19(23-18)25-12-16-11-17(24-22-16)14-7-3-2-4-8-14/h2-11H,12H2,1H3. The first kappa shape index (κ1) is 15.7. The van der Waals surface area contributed by atoms with E-state index in [4.69, 9.17) is 8.94 Å². The highest BCUT2D eigenvalue weighted by molar-refractivity contribution is 7.98. The summed E-state index contributed by atoms with van der Waals surface area (Å²) in [5.41, 5.74) is 3.91. The van der Waals surface area contributed by atoms with Crippen LogP contribution in [0.1, 0.15) is 11.3 Å². The van der Waals surface area contributed by atoms with Crippen molar-refractivity contribution in [2.24, 2.45) is 0 Å². The van der Waals surface area contributed by atoms with Crippen LogP contribution in [0, 0.1) is 6.92 Å². The molecular formula is C19H15N3O2S. The summed E-state index contributed by atoms with van der Waals surface area (Å²) in [7, 11) is 0. The second-order valence-electron chi connectivity index (χ2n) is 5.58. The van der Waals surface area contributed by atoms with Gasteiger partial charge in [-0.05, 0) is 19.1 Å². The molecule has 4 rings (SSSR count). The number of hydrogen-bond acceptors (Lipinski definition) is 6. The number of thioether (sulfide) groups is 1. The minimum atomic E-state index is 0.515. The van der Waals surface area contributed by atoms with Gasteiger partial charge in [0.2, 0.25) is 5.89 Å². The van der Waals surface area contributed by atoms with Crippen molar-refractivity contribution in [1.29, 1.82) is 0 Å². The first-order chi connectivity index (χ1) is 12.3. The number of rotatable bonds is 5. The summed E-state index contributed by atoms with van der Waals surface area (Å²) in [5, 5.41) is 12.8. The van der Waals surface area contributed by atoms with E-state index in [0.717, 1.165) is 28.1 Å². The molecule has 2 aromatic carbocycles. The van der Waals surface area contributed by atoms with Crippen molar-refractivity contribution < 1.29 is 8.94 Å². The predicted octanol–water partition coefficient (Wildman–Crippen LogP) is 4.99. The van der Waals surface area contributed by atoms with Gasteiger partial charge in [-0.15, -0.1) is 10.2 Å². The minimum absolute atomic E-state index is 0.515. The number of aromatic nitrogens is 3. The summed E-state index contributed by atoms with van der Waals surface area (Å²) in [4.78, 5) is 0. The van der Waals surface area contributed by atoms with Crippen LogP contribution >= 0.6 is 11.8 Å². The van der Waals surface area contributed by atoms with Crippen LogP contribution in [0.3, 0.4) is 0 Å². The molecule has 0 atom stereocenters. The molecule has 124 valence electrons. The van der Waals surface area contributed by atoms with Crippen LogP contribution in [0.4, 0.5) is 0 Å². The summed E-state index contributed by atoms with van der Waals surface area (Å²) < 4.78 is 11.1. The quantitative estimate of drug-likeness (QED) is 0.473. The van der Waals surface area contributed by atoms with Gasteiger partial charge in [0, 0.05) is 22.9 Å². The first-order valence-corrected chi connectivity index (χ1v) is 8.81. The zero-order chi connectivity index (χ0) is 17.1. The fourth-order valence-corrected chi connectivity index (χ4v) is 3.06. The van der Waals surface area contributed by atoms with E-state index in [1.165, 1.54) is 11.8 Å². The van der Waals surface area contributed by atoms with Crippen molar-refractivity contribution in [3.8, 4) is 22.8 Å². The molecule has 2 aromatic heterocycles. The van der Waals surface area contributed by atoms with Crippen molar-refractivity contribution in [1.82, 2.24) is 15.4 Å². The molecule has 0 unspecified atom stereocenters. The fourth-order valence-electron chi connectivity index (χ4n) is 2.42. The Kier molecular flexibility index (Phi) is 4.35. The van der Waals surface area contributed by atoms with E-state index in [9.17, 15) is 0 Å². The summed E-state index contributed by atoms with van der Waals surface area (Å²) in [6.07, 6.45) is 0. The smallest absolute Gasteiger partial charge is 0.277 e. The summed E-state index contributed by atoms with van der Waals surface area (Å²) >= 11 is 1.44. The molecule has 0 aliphatic rings. The fraction of sp³-hybridized carbons (Fsp3) is 0.105. The Balaban J connectivity index is 1.43. The van der Waals surface area contributed by atoms with Gasteiger partial charge < -0.3 is 8.94 Å². The lowest BCUT2D eigenvalue weighted by molar-refractivity contribution is 0.426. The zero-order valence-electron chi connectivity index (χ0n) is 13.5. The predicted molar refractivity (Wildman–Crippen MR) is 96.0 cm³/mol. The zero-order valence-corrected chi connectivity index (χ0v) is 14.4. The van der Waals surface area contributed by atoms with E-state index < -0.39 is 0 Å². The highest BCUT2D eigenvalue weighted by atomic mass is 32.2. The normalized spacial score (nSPS) is 10.9. The minimum Gasteiger partial charge on any atom is -0.411 e. The van der Waals surface area contributed by atoms with Crippen molar-refractivity contribution in [3.63, 3.8) is 0 Å².